The average Bonchev–Trinajstić information content (AvgIpc) is 1.41. The summed E-state index contributed by atoms with van der Waals surface area (Å²) in [6.07, 6.45) is 0. The van der Waals surface area contributed by atoms with E-state index in [0.29, 0.717) is 0 Å². The van der Waals surface area contributed by atoms with Gasteiger partial charge in [0, 0.05) is 31.2 Å². The van der Waals surface area contributed by atoms with E-state index >= 15 is 0 Å². The topological polar surface area (TPSA) is 556 Å². The Morgan fingerprint density at radius 1 is 0.296 bits per heavy atom. The van der Waals surface area contributed by atoms with E-state index in [9.17, 15) is 0 Å². The summed E-state index contributed by atoms with van der Waals surface area (Å²) in [5.74, 6) is 0. The van der Waals surface area contributed by atoms with Crippen LogP contribution in [0.3, 0.4) is 0 Å². The minimum Gasteiger partial charge on any atom is -0.759 e. The quantitative estimate of drug-likeness (QED) is 0.193. The summed E-state index contributed by atoms with van der Waals surface area (Å²) < 4.78 is 102. The van der Waals surface area contributed by atoms with E-state index in [1.54, 1.807) is 0 Å². The zero-order valence-corrected chi connectivity index (χ0v) is 16.9. The van der Waals surface area contributed by atoms with Crippen molar-refractivity contribution in [1.82, 2.24) is 0 Å². The maximum absolute atomic E-state index is 8.52. The molecule has 27 heavy (non-hydrogen) atoms. The van der Waals surface area contributed by atoms with Crippen molar-refractivity contribution < 1.29 is 142 Å². The monoisotopic (exact) mass is 572 g/mol. The third-order valence-electron chi connectivity index (χ3n) is 0. The van der Waals surface area contributed by atoms with Gasteiger partial charge < -0.3 is 82.1 Å². The van der Waals surface area contributed by atoms with E-state index < -0.39 is 31.2 Å². The fourth-order valence-corrected chi connectivity index (χ4v) is 0. The van der Waals surface area contributed by atoms with Crippen LogP contribution in [-0.2, 0) is 65.9 Å². The maximum atomic E-state index is 8.52. The van der Waals surface area contributed by atoms with Gasteiger partial charge in [-0.25, -0.2) is 0 Å². The SMILES string of the molecule is O.O.O.O.O.O.O.O.O.O.O=S(=O)([O-])[O-].O=S(=O)([O-])[O-].O=S(=O)([O-])[O-].[Cr+3].[Cr+3]. The predicted octanol–water partition coefficient (Wildman–Crippen LogP) is -12.3. The van der Waals surface area contributed by atoms with E-state index in [1.807, 2.05) is 0 Å². The van der Waals surface area contributed by atoms with Gasteiger partial charge in [-0.15, -0.1) is 0 Å². The molecule has 0 heterocycles. The van der Waals surface area contributed by atoms with Crippen LogP contribution in [0.1, 0.15) is 0 Å². The molecule has 0 atom stereocenters. The number of hydrogen-bond donors (Lipinski definition) is 0. The molecule has 0 saturated carbocycles. The minimum atomic E-state index is -5.17. The van der Waals surface area contributed by atoms with Crippen LogP contribution >= 0.6 is 0 Å². The van der Waals surface area contributed by atoms with E-state index in [0.717, 1.165) is 0 Å². The van der Waals surface area contributed by atoms with Crippen LogP contribution in [0, 0.1) is 0 Å². The van der Waals surface area contributed by atoms with Gasteiger partial charge in [-0.05, 0) is 0 Å². The standard InChI is InChI=1S/2Cr.3H2O4S.10H2O/c;;3*1-5(2,3)4;;;;;;;;;;/h;;3*(H2,1,2,3,4);10*1H2/q2*+3;;;;;;;;;;;;;/p-6. The Kier molecular flexibility index (Phi) is 233. The first-order valence-corrected chi connectivity index (χ1v) is 6.00. The molecule has 0 fully saturated rings. The molecular formula is H20Cr2O22S3. The van der Waals surface area contributed by atoms with E-state index in [2.05, 4.69) is 0 Å². The zero-order chi connectivity index (χ0) is 13.5. The summed E-state index contributed by atoms with van der Waals surface area (Å²) in [5, 5.41) is 0. The predicted molar refractivity (Wildman–Crippen MR) is 67.6 cm³/mol. The van der Waals surface area contributed by atoms with Crippen LogP contribution in [0.5, 0.6) is 0 Å². The second-order valence-electron chi connectivity index (χ2n) is 1.22. The molecule has 0 aromatic heterocycles. The van der Waals surface area contributed by atoms with E-state index in [1.165, 1.54) is 0 Å². The molecule has 27 heteroatoms. The van der Waals surface area contributed by atoms with Crippen LogP contribution in [0.2, 0.25) is 0 Å². The maximum Gasteiger partial charge on any atom is 3.00 e. The van der Waals surface area contributed by atoms with Crippen molar-refractivity contribution >= 4 is 31.2 Å². The molecule has 0 aromatic rings. The van der Waals surface area contributed by atoms with Crippen LogP contribution in [0.4, 0.5) is 0 Å². The average molecular weight is 572 g/mol. The van der Waals surface area contributed by atoms with Crippen molar-refractivity contribution in [3.63, 3.8) is 0 Å². The minimum absolute atomic E-state index is 0. The Hall–Kier alpha value is 0.275. The van der Waals surface area contributed by atoms with Gasteiger partial charge in [-0.1, -0.05) is 0 Å². The van der Waals surface area contributed by atoms with Crippen molar-refractivity contribution in [1.29, 1.82) is 0 Å². The zero-order valence-electron chi connectivity index (χ0n) is 11.9. The second kappa shape index (κ2) is 50.3. The van der Waals surface area contributed by atoms with Gasteiger partial charge in [-0.3, -0.25) is 25.3 Å². The molecule has 0 bridgehead atoms. The molecule has 0 amide bonds. The van der Waals surface area contributed by atoms with Gasteiger partial charge >= 0.3 is 34.7 Å². The second-order valence-corrected chi connectivity index (χ2v) is 3.67. The van der Waals surface area contributed by atoms with Crippen molar-refractivity contribution in [2.24, 2.45) is 0 Å². The van der Waals surface area contributed by atoms with Gasteiger partial charge in [0.15, 0.2) is 0 Å². The first-order valence-electron chi connectivity index (χ1n) is 2.00. The molecular weight excluding hydrogens is 552 g/mol. The summed E-state index contributed by atoms with van der Waals surface area (Å²) >= 11 is 0. The largest absolute Gasteiger partial charge is 3.00 e. The van der Waals surface area contributed by atoms with Gasteiger partial charge in [0.05, 0.1) is 0 Å². The molecule has 0 spiro atoms. The molecule has 22 nitrogen and oxygen atoms in total. The number of rotatable bonds is 0. The smallest absolute Gasteiger partial charge is 0.759 e. The fraction of sp³-hybridized carbons (Fsp3) is 0. The Labute approximate surface area is 173 Å². The van der Waals surface area contributed by atoms with Gasteiger partial charge in [0.1, 0.15) is 0 Å². The molecule has 20 N–H and O–H groups in total. The normalized spacial score (nSPS) is 6.44. The third-order valence-corrected chi connectivity index (χ3v) is 0. The molecule has 0 saturated heterocycles. The van der Waals surface area contributed by atoms with Crippen molar-refractivity contribution in [3.05, 3.63) is 0 Å². The summed E-state index contributed by atoms with van der Waals surface area (Å²) in [4.78, 5) is 0. The van der Waals surface area contributed by atoms with Crippen LogP contribution < -0.4 is 0 Å². The van der Waals surface area contributed by atoms with Gasteiger partial charge in [0.25, 0.3) is 0 Å². The molecule has 0 aliphatic heterocycles. The summed E-state index contributed by atoms with van der Waals surface area (Å²) in [7, 11) is -15.5. The Balaban J connectivity index is -0.00000000503. The van der Waals surface area contributed by atoms with Gasteiger partial charge in [0.2, 0.25) is 0 Å². The van der Waals surface area contributed by atoms with Crippen molar-refractivity contribution in [2.75, 3.05) is 0 Å². The van der Waals surface area contributed by atoms with E-state index in [4.69, 9.17) is 52.6 Å². The first-order chi connectivity index (χ1) is 6.00. The molecule has 0 aliphatic carbocycles. The molecule has 0 aromatic carbocycles. The summed E-state index contributed by atoms with van der Waals surface area (Å²) in [6.45, 7) is 0. The fourth-order valence-electron chi connectivity index (χ4n) is 0. The Morgan fingerprint density at radius 3 is 0.296 bits per heavy atom. The number of hydrogen-bond acceptors (Lipinski definition) is 12. The Bertz CT molecular complexity index is 344. The molecule has 0 unspecified atom stereocenters. The van der Waals surface area contributed by atoms with Crippen LogP contribution in [0.25, 0.3) is 0 Å². The van der Waals surface area contributed by atoms with Crippen molar-refractivity contribution in [3.8, 4) is 0 Å². The summed E-state index contributed by atoms with van der Waals surface area (Å²) in [6, 6.07) is 0. The third kappa shape index (κ3) is 205000. The molecule has 0 rings (SSSR count). The Morgan fingerprint density at radius 2 is 0.296 bits per heavy atom. The van der Waals surface area contributed by atoms with E-state index in [-0.39, 0.29) is 89.5 Å². The molecule has 2 radical (unpaired) electrons. The molecule has 182 valence electrons. The first kappa shape index (κ1) is 125. The van der Waals surface area contributed by atoms with Crippen LogP contribution in [0.15, 0.2) is 0 Å². The molecule has 0 aliphatic rings. The van der Waals surface area contributed by atoms with Crippen molar-refractivity contribution in [2.45, 2.75) is 0 Å². The van der Waals surface area contributed by atoms with Crippen LogP contribution in [-0.4, -0.2) is 107 Å². The van der Waals surface area contributed by atoms with Gasteiger partial charge in [-0.2, -0.15) is 0 Å². The summed E-state index contributed by atoms with van der Waals surface area (Å²) in [5.41, 5.74) is 0.